The molecule has 0 saturated carbocycles. The zero-order valence-electron chi connectivity index (χ0n) is 13.3. The quantitative estimate of drug-likeness (QED) is 0.780. The number of ether oxygens (including phenoxy) is 1. The smallest absolute Gasteiger partial charge is 0.135 e. The fourth-order valence-corrected chi connectivity index (χ4v) is 2.75. The zero-order chi connectivity index (χ0) is 16.4. The maximum absolute atomic E-state index is 6.19. The van der Waals surface area contributed by atoms with Crippen LogP contribution < -0.4 is 0 Å². The van der Waals surface area contributed by atoms with E-state index in [4.69, 9.17) is 4.74 Å². The molecular formula is C21H16N2O. The molecule has 0 radical (unpaired) electrons. The van der Waals surface area contributed by atoms with Crippen molar-refractivity contribution in [2.24, 2.45) is 10.2 Å². The summed E-state index contributed by atoms with van der Waals surface area (Å²) in [5, 5.41) is 8.14. The second kappa shape index (κ2) is 6.13. The molecule has 0 aliphatic carbocycles. The Kier molecular flexibility index (Phi) is 3.67. The molecule has 0 bridgehead atoms. The predicted molar refractivity (Wildman–Crippen MR) is 98.6 cm³/mol. The molecule has 0 N–H and O–H groups in total. The van der Waals surface area contributed by atoms with E-state index in [-0.39, 0.29) is 0 Å². The van der Waals surface area contributed by atoms with Gasteiger partial charge < -0.3 is 4.74 Å². The largest absolute Gasteiger partial charge is 0.456 e. The van der Waals surface area contributed by atoms with Crippen LogP contribution >= 0.6 is 0 Å². The molecular weight excluding hydrogens is 296 g/mol. The number of benzene rings is 2. The Morgan fingerprint density at radius 3 is 1.75 bits per heavy atom. The van der Waals surface area contributed by atoms with Crippen molar-refractivity contribution in [3.8, 4) is 0 Å². The van der Waals surface area contributed by atoms with Gasteiger partial charge >= 0.3 is 0 Å². The normalized spacial score (nSPS) is 16.5. The van der Waals surface area contributed by atoms with Crippen molar-refractivity contribution in [3.05, 3.63) is 95.1 Å². The van der Waals surface area contributed by atoms with Gasteiger partial charge in [-0.1, -0.05) is 60.7 Å². The molecule has 24 heavy (non-hydrogen) atoms. The van der Waals surface area contributed by atoms with Crippen molar-refractivity contribution in [3.63, 3.8) is 0 Å². The Morgan fingerprint density at radius 2 is 1.29 bits per heavy atom. The Bertz CT molecular complexity index is 859. The molecule has 0 fully saturated rings. The van der Waals surface area contributed by atoms with E-state index in [1.54, 1.807) is 6.21 Å². The van der Waals surface area contributed by atoms with Crippen molar-refractivity contribution in [1.29, 1.82) is 0 Å². The van der Waals surface area contributed by atoms with Crippen LogP contribution in [0.2, 0.25) is 0 Å². The molecule has 0 aromatic heterocycles. The van der Waals surface area contributed by atoms with Crippen molar-refractivity contribution < 1.29 is 4.74 Å². The summed E-state index contributed by atoms with van der Waals surface area (Å²) in [5.74, 6) is 1.65. The Labute approximate surface area is 141 Å². The van der Waals surface area contributed by atoms with Crippen LogP contribution in [0.3, 0.4) is 0 Å². The first kappa shape index (κ1) is 14.4. The maximum atomic E-state index is 6.19. The van der Waals surface area contributed by atoms with Gasteiger partial charge in [0.2, 0.25) is 0 Å². The maximum Gasteiger partial charge on any atom is 0.135 e. The topological polar surface area (TPSA) is 34.0 Å². The highest BCUT2D eigenvalue weighted by atomic mass is 16.5. The molecule has 0 atom stereocenters. The van der Waals surface area contributed by atoms with Gasteiger partial charge in [-0.2, -0.15) is 10.2 Å². The summed E-state index contributed by atoms with van der Waals surface area (Å²) in [6.45, 7) is 1.97. The third-order valence-electron chi connectivity index (χ3n) is 4.01. The molecule has 0 saturated heterocycles. The van der Waals surface area contributed by atoms with Gasteiger partial charge in [0, 0.05) is 16.7 Å². The average molecular weight is 312 g/mol. The molecule has 116 valence electrons. The van der Waals surface area contributed by atoms with E-state index in [0.29, 0.717) is 0 Å². The lowest BCUT2D eigenvalue weighted by molar-refractivity contribution is 0.467. The van der Waals surface area contributed by atoms with Crippen LogP contribution in [0, 0.1) is 0 Å². The van der Waals surface area contributed by atoms with Crippen LogP contribution in [-0.4, -0.2) is 11.9 Å². The van der Waals surface area contributed by atoms with Crippen molar-refractivity contribution >= 4 is 23.4 Å². The van der Waals surface area contributed by atoms with Gasteiger partial charge in [-0.05, 0) is 24.6 Å². The fraction of sp³-hybridized carbons (Fsp3) is 0.0476. The Morgan fingerprint density at radius 1 is 0.750 bits per heavy atom. The highest BCUT2D eigenvalue weighted by molar-refractivity contribution is 6.19. The molecule has 3 nitrogen and oxygen atoms in total. The minimum absolute atomic E-state index is 0.826. The first-order valence-electron chi connectivity index (χ1n) is 7.85. The standard InChI is InChI=1S/C21H16N2O/c1-15-19(14-22-23-15)18-12-20(16-8-4-2-5-9-16)24-21(13-18)17-10-6-3-7-11-17/h2-14H,1H3. The van der Waals surface area contributed by atoms with Gasteiger partial charge in [0.25, 0.3) is 0 Å². The lowest BCUT2D eigenvalue weighted by Gasteiger charge is -2.19. The van der Waals surface area contributed by atoms with Crippen LogP contribution in [0.4, 0.5) is 0 Å². The lowest BCUT2D eigenvalue weighted by atomic mass is 9.99. The average Bonchev–Trinajstić information content (AvgIpc) is 3.09. The van der Waals surface area contributed by atoms with Gasteiger partial charge in [0.05, 0.1) is 11.9 Å². The molecule has 2 aromatic carbocycles. The first-order chi connectivity index (χ1) is 11.8. The highest BCUT2D eigenvalue weighted by Crippen LogP contribution is 2.33. The number of rotatable bonds is 2. The van der Waals surface area contributed by atoms with Gasteiger partial charge in [0.15, 0.2) is 0 Å². The second-order valence-corrected chi connectivity index (χ2v) is 5.65. The minimum Gasteiger partial charge on any atom is -0.456 e. The Hall–Kier alpha value is -3.20. The summed E-state index contributed by atoms with van der Waals surface area (Å²) in [7, 11) is 0. The Balaban J connectivity index is 1.85. The summed E-state index contributed by atoms with van der Waals surface area (Å²) >= 11 is 0. The van der Waals surface area contributed by atoms with Gasteiger partial charge in [-0.25, -0.2) is 0 Å². The molecule has 0 unspecified atom stereocenters. The minimum atomic E-state index is 0.826. The molecule has 3 heteroatoms. The summed E-state index contributed by atoms with van der Waals surface area (Å²) in [6, 6.07) is 20.2. The number of nitrogens with zero attached hydrogens (tertiary/aromatic N) is 2. The number of allylic oxidation sites excluding steroid dienone is 4. The van der Waals surface area contributed by atoms with Crippen molar-refractivity contribution in [2.45, 2.75) is 6.92 Å². The van der Waals surface area contributed by atoms with Gasteiger partial charge in [-0.3, -0.25) is 0 Å². The van der Waals surface area contributed by atoms with Gasteiger partial charge in [-0.15, -0.1) is 0 Å². The molecule has 2 aromatic rings. The highest BCUT2D eigenvalue weighted by Gasteiger charge is 2.18. The summed E-state index contributed by atoms with van der Waals surface area (Å²) in [4.78, 5) is 0. The molecule has 4 rings (SSSR count). The molecule has 0 amide bonds. The molecule has 2 aliphatic rings. The van der Waals surface area contributed by atoms with Crippen molar-refractivity contribution in [1.82, 2.24) is 0 Å². The SMILES string of the molecule is CC1=NN=CC1=C1C=C(c2ccccc2)OC(c2ccccc2)=C1. The van der Waals surface area contributed by atoms with E-state index in [1.165, 1.54) is 0 Å². The third-order valence-corrected chi connectivity index (χ3v) is 4.01. The monoisotopic (exact) mass is 312 g/mol. The van der Waals surface area contributed by atoms with Crippen molar-refractivity contribution in [2.75, 3.05) is 0 Å². The predicted octanol–water partition coefficient (Wildman–Crippen LogP) is 4.86. The van der Waals surface area contributed by atoms with Gasteiger partial charge in [0.1, 0.15) is 11.5 Å². The molecule has 0 spiro atoms. The van der Waals surface area contributed by atoms with Crippen LogP contribution in [0.5, 0.6) is 0 Å². The third kappa shape index (κ3) is 2.72. The molecule has 2 aliphatic heterocycles. The van der Waals surface area contributed by atoms with E-state index in [2.05, 4.69) is 10.2 Å². The van der Waals surface area contributed by atoms with E-state index in [9.17, 15) is 0 Å². The number of hydrogen-bond acceptors (Lipinski definition) is 3. The first-order valence-corrected chi connectivity index (χ1v) is 7.85. The van der Waals surface area contributed by atoms with Crippen LogP contribution in [0.25, 0.3) is 11.5 Å². The fourth-order valence-electron chi connectivity index (χ4n) is 2.75. The van der Waals surface area contributed by atoms with E-state index in [0.717, 1.165) is 39.5 Å². The molecule has 2 heterocycles. The summed E-state index contributed by atoms with van der Waals surface area (Å²) < 4.78 is 6.19. The van der Waals surface area contributed by atoms with E-state index >= 15 is 0 Å². The van der Waals surface area contributed by atoms with E-state index < -0.39 is 0 Å². The van der Waals surface area contributed by atoms with E-state index in [1.807, 2.05) is 79.7 Å². The van der Waals surface area contributed by atoms with Crippen LogP contribution in [-0.2, 0) is 4.74 Å². The zero-order valence-corrected chi connectivity index (χ0v) is 13.3. The van der Waals surface area contributed by atoms with Crippen LogP contribution in [0.1, 0.15) is 18.1 Å². The summed E-state index contributed by atoms with van der Waals surface area (Å²) in [6.07, 6.45) is 5.90. The summed E-state index contributed by atoms with van der Waals surface area (Å²) in [5.41, 5.74) is 5.09. The van der Waals surface area contributed by atoms with Crippen LogP contribution in [0.15, 0.2) is 94.2 Å². The lowest BCUT2D eigenvalue weighted by Crippen LogP contribution is -2.04. The number of hydrogen-bond donors (Lipinski definition) is 0. The second-order valence-electron chi connectivity index (χ2n) is 5.65.